The Hall–Kier alpha value is -1.04. The Kier molecular flexibility index (Phi) is 5.40. The highest BCUT2D eigenvalue weighted by molar-refractivity contribution is 9.10. The van der Waals surface area contributed by atoms with E-state index in [1.165, 1.54) is 0 Å². The summed E-state index contributed by atoms with van der Waals surface area (Å²) < 4.78 is 38.1. The van der Waals surface area contributed by atoms with Crippen LogP contribution in [0.3, 0.4) is 0 Å². The smallest absolute Gasteiger partial charge is 0.330 e. The molecule has 0 unspecified atom stereocenters. The number of nitrogens with zero attached hydrogens (tertiary/aromatic N) is 1. The number of hydrogen-bond acceptors (Lipinski definition) is 1. The van der Waals surface area contributed by atoms with E-state index in [0.717, 1.165) is 4.90 Å². The average Bonchev–Trinajstić information content (AvgIpc) is 2.29. The van der Waals surface area contributed by atoms with Crippen LogP contribution >= 0.6 is 15.9 Å². The fourth-order valence-corrected chi connectivity index (χ4v) is 2.09. The van der Waals surface area contributed by atoms with Crippen molar-refractivity contribution in [1.29, 1.82) is 0 Å². The number of benzene rings is 1. The van der Waals surface area contributed by atoms with Gasteiger partial charge in [-0.1, -0.05) is 28.9 Å². The number of carbonyl (C=O) groups is 1. The molecule has 106 valence electrons. The average molecular weight is 338 g/mol. The molecule has 0 spiro atoms. The molecule has 0 bridgehead atoms. The molecule has 0 aliphatic carbocycles. The van der Waals surface area contributed by atoms with Crippen molar-refractivity contribution in [3.05, 3.63) is 33.8 Å². The zero-order chi connectivity index (χ0) is 14.6. The van der Waals surface area contributed by atoms with E-state index in [4.69, 9.17) is 0 Å². The third kappa shape index (κ3) is 4.86. The third-order valence-corrected chi connectivity index (χ3v) is 3.07. The number of amides is 1. The number of carbonyl (C=O) groups excluding carboxylic acids is 1. The van der Waals surface area contributed by atoms with Crippen LogP contribution in [0.25, 0.3) is 0 Å². The molecule has 1 amide bonds. The second-order valence-electron chi connectivity index (χ2n) is 4.30. The van der Waals surface area contributed by atoms with Crippen molar-refractivity contribution in [2.75, 3.05) is 13.1 Å². The Bertz CT molecular complexity index is 460. The fraction of sp³-hybridized carbons (Fsp3) is 0.462. The highest BCUT2D eigenvalue weighted by atomic mass is 79.9. The normalized spacial score (nSPS) is 11.5. The van der Waals surface area contributed by atoms with Gasteiger partial charge in [0.15, 0.2) is 0 Å². The predicted octanol–water partition coefficient (Wildman–Crippen LogP) is 4.17. The molecular formula is C13H15BrF3NO. The molecule has 19 heavy (non-hydrogen) atoms. The van der Waals surface area contributed by atoms with Crippen molar-refractivity contribution < 1.29 is 18.0 Å². The van der Waals surface area contributed by atoms with Crippen molar-refractivity contribution in [2.45, 2.75) is 26.4 Å². The molecule has 0 aliphatic heterocycles. The minimum Gasteiger partial charge on any atom is -0.330 e. The first kappa shape index (κ1) is 16.0. The summed E-state index contributed by atoms with van der Waals surface area (Å²) in [6.07, 6.45) is -3.90. The molecule has 1 rings (SSSR count). The van der Waals surface area contributed by atoms with Crippen LogP contribution in [0, 0.1) is 6.92 Å². The maximum atomic E-state index is 12.5. The van der Waals surface area contributed by atoms with Gasteiger partial charge in [-0.05, 0) is 31.0 Å². The quantitative estimate of drug-likeness (QED) is 0.807. The summed E-state index contributed by atoms with van der Waals surface area (Å²) in [5.41, 5.74) is 0.962. The molecule has 0 radical (unpaired) electrons. The molecule has 0 aromatic heterocycles. The summed E-state index contributed by atoms with van der Waals surface area (Å²) in [6.45, 7) is 2.32. The first-order chi connectivity index (χ1) is 8.74. The summed E-state index contributed by atoms with van der Waals surface area (Å²) in [7, 11) is 0. The largest absolute Gasteiger partial charge is 0.406 e. The van der Waals surface area contributed by atoms with E-state index >= 15 is 0 Å². The van der Waals surface area contributed by atoms with Gasteiger partial charge in [-0.25, -0.2) is 0 Å². The molecule has 1 aromatic carbocycles. The Morgan fingerprint density at radius 3 is 2.53 bits per heavy atom. The molecule has 0 saturated carbocycles. The van der Waals surface area contributed by atoms with E-state index in [1.54, 1.807) is 32.0 Å². The van der Waals surface area contributed by atoms with Crippen molar-refractivity contribution in [2.24, 2.45) is 0 Å². The molecule has 0 saturated heterocycles. The molecule has 2 nitrogen and oxygen atoms in total. The summed E-state index contributed by atoms with van der Waals surface area (Å²) >= 11 is 3.22. The fourth-order valence-electron chi connectivity index (χ4n) is 1.73. The number of hydrogen-bond donors (Lipinski definition) is 0. The highest BCUT2D eigenvalue weighted by Gasteiger charge is 2.33. The maximum absolute atomic E-state index is 12.5. The Labute approximate surface area is 118 Å². The van der Waals surface area contributed by atoms with Gasteiger partial charge in [-0.3, -0.25) is 4.79 Å². The second-order valence-corrected chi connectivity index (χ2v) is 5.22. The van der Waals surface area contributed by atoms with E-state index in [2.05, 4.69) is 15.9 Å². The van der Waals surface area contributed by atoms with Crippen molar-refractivity contribution >= 4 is 21.8 Å². The minimum atomic E-state index is -4.38. The summed E-state index contributed by atoms with van der Waals surface area (Å²) in [5, 5.41) is 0. The van der Waals surface area contributed by atoms with Gasteiger partial charge >= 0.3 is 6.18 Å². The lowest BCUT2D eigenvalue weighted by Crippen LogP contribution is -2.39. The van der Waals surface area contributed by atoms with Gasteiger partial charge in [-0.15, -0.1) is 0 Å². The van der Waals surface area contributed by atoms with Gasteiger partial charge in [0.25, 0.3) is 5.91 Å². The summed E-state index contributed by atoms with van der Waals surface area (Å²) in [4.78, 5) is 13.0. The van der Waals surface area contributed by atoms with Crippen molar-refractivity contribution in [1.82, 2.24) is 4.90 Å². The van der Waals surface area contributed by atoms with Gasteiger partial charge in [0.05, 0.1) is 0 Å². The third-order valence-electron chi connectivity index (χ3n) is 2.58. The maximum Gasteiger partial charge on any atom is 0.406 e. The van der Waals surface area contributed by atoms with Crippen LogP contribution < -0.4 is 0 Å². The van der Waals surface area contributed by atoms with Crippen LogP contribution in [-0.2, 0) is 0 Å². The molecular weight excluding hydrogens is 323 g/mol. The van der Waals surface area contributed by atoms with Gasteiger partial charge in [0.1, 0.15) is 6.54 Å². The highest BCUT2D eigenvalue weighted by Crippen LogP contribution is 2.21. The molecule has 0 atom stereocenters. The predicted molar refractivity (Wildman–Crippen MR) is 71.1 cm³/mol. The van der Waals surface area contributed by atoms with E-state index < -0.39 is 18.6 Å². The molecule has 0 fully saturated rings. The lowest BCUT2D eigenvalue weighted by molar-refractivity contribution is -0.140. The number of alkyl halides is 3. The van der Waals surface area contributed by atoms with E-state index in [1.807, 2.05) is 0 Å². The van der Waals surface area contributed by atoms with Gasteiger partial charge in [0, 0.05) is 16.6 Å². The van der Waals surface area contributed by atoms with Crippen LogP contribution in [0.2, 0.25) is 0 Å². The van der Waals surface area contributed by atoms with Crippen LogP contribution in [-0.4, -0.2) is 30.1 Å². The van der Waals surface area contributed by atoms with Crippen LogP contribution in [0.5, 0.6) is 0 Å². The summed E-state index contributed by atoms with van der Waals surface area (Å²) in [6, 6.07) is 5.01. The standard InChI is InChI=1S/C13H15BrF3NO/c1-3-6-18(8-13(15,16)17)12(19)11-7-10(14)5-4-9(11)2/h4-5,7H,3,6,8H2,1-2H3. The van der Waals surface area contributed by atoms with Crippen LogP contribution in [0.15, 0.2) is 22.7 Å². The zero-order valence-corrected chi connectivity index (χ0v) is 12.3. The lowest BCUT2D eigenvalue weighted by atomic mass is 10.1. The van der Waals surface area contributed by atoms with Crippen LogP contribution in [0.4, 0.5) is 13.2 Å². The summed E-state index contributed by atoms with van der Waals surface area (Å²) in [5.74, 6) is -0.585. The van der Waals surface area contributed by atoms with Gasteiger partial charge in [0.2, 0.25) is 0 Å². The Morgan fingerprint density at radius 1 is 1.37 bits per heavy atom. The van der Waals surface area contributed by atoms with Crippen LogP contribution in [0.1, 0.15) is 29.3 Å². The van der Waals surface area contributed by atoms with E-state index in [-0.39, 0.29) is 6.54 Å². The molecule has 0 N–H and O–H groups in total. The van der Waals surface area contributed by atoms with Crippen molar-refractivity contribution in [3.63, 3.8) is 0 Å². The Morgan fingerprint density at radius 2 is 2.00 bits per heavy atom. The SMILES string of the molecule is CCCN(CC(F)(F)F)C(=O)c1cc(Br)ccc1C. The lowest BCUT2D eigenvalue weighted by Gasteiger charge is -2.24. The Balaban J connectivity index is 3.02. The molecule has 0 heterocycles. The topological polar surface area (TPSA) is 20.3 Å². The molecule has 0 aliphatic rings. The number of rotatable bonds is 4. The second kappa shape index (κ2) is 6.41. The zero-order valence-electron chi connectivity index (χ0n) is 10.7. The number of halogens is 4. The van der Waals surface area contributed by atoms with Gasteiger partial charge in [-0.2, -0.15) is 13.2 Å². The monoisotopic (exact) mass is 337 g/mol. The van der Waals surface area contributed by atoms with E-state index in [0.29, 0.717) is 22.0 Å². The molecule has 1 aromatic rings. The van der Waals surface area contributed by atoms with Crippen molar-refractivity contribution in [3.8, 4) is 0 Å². The van der Waals surface area contributed by atoms with Gasteiger partial charge < -0.3 is 4.90 Å². The first-order valence-corrected chi connectivity index (χ1v) is 6.66. The number of aryl methyl sites for hydroxylation is 1. The molecule has 6 heteroatoms. The first-order valence-electron chi connectivity index (χ1n) is 5.86. The minimum absolute atomic E-state index is 0.0876. The van der Waals surface area contributed by atoms with E-state index in [9.17, 15) is 18.0 Å².